The lowest BCUT2D eigenvalue weighted by Crippen LogP contribution is -2.50. The van der Waals surface area contributed by atoms with Gasteiger partial charge in [0.15, 0.2) is 0 Å². The van der Waals surface area contributed by atoms with Gasteiger partial charge in [-0.25, -0.2) is 4.98 Å². The van der Waals surface area contributed by atoms with Crippen molar-refractivity contribution < 1.29 is 4.74 Å². The van der Waals surface area contributed by atoms with E-state index in [2.05, 4.69) is 50.1 Å². The van der Waals surface area contributed by atoms with E-state index in [0.717, 1.165) is 45.2 Å². The highest BCUT2D eigenvalue weighted by Crippen LogP contribution is 2.34. The third kappa shape index (κ3) is 3.99. The maximum absolute atomic E-state index is 6.02. The number of hydrogen-bond donors (Lipinski definition) is 0. The summed E-state index contributed by atoms with van der Waals surface area (Å²) in [6.45, 7) is 6.76. The van der Waals surface area contributed by atoms with Crippen LogP contribution in [0, 0.1) is 5.41 Å². The first-order valence-electron chi connectivity index (χ1n) is 9.18. The molecule has 2 aliphatic rings. The first-order chi connectivity index (χ1) is 12.3. The molecule has 0 unspecified atom stereocenters. The van der Waals surface area contributed by atoms with Gasteiger partial charge in [-0.15, -0.1) is 0 Å². The van der Waals surface area contributed by atoms with E-state index < -0.39 is 0 Å². The predicted molar refractivity (Wildman–Crippen MR) is 98.5 cm³/mol. The van der Waals surface area contributed by atoms with Crippen LogP contribution in [0.25, 0.3) is 0 Å². The van der Waals surface area contributed by atoms with Crippen LogP contribution in [0.3, 0.4) is 0 Å². The van der Waals surface area contributed by atoms with Crippen molar-refractivity contribution in [3.05, 3.63) is 54.5 Å². The number of nitrogens with zero attached hydrogens (tertiary/aromatic N) is 4. The summed E-state index contributed by atoms with van der Waals surface area (Å²) in [5.74, 6) is 0.965. The van der Waals surface area contributed by atoms with E-state index in [9.17, 15) is 0 Å². The van der Waals surface area contributed by atoms with Crippen LogP contribution in [-0.4, -0.2) is 54.3 Å². The largest absolute Gasteiger partial charge is 0.379 e. The van der Waals surface area contributed by atoms with Crippen molar-refractivity contribution in [3.8, 4) is 0 Å². The Morgan fingerprint density at radius 3 is 2.84 bits per heavy atom. The molecule has 1 atom stereocenters. The number of ether oxygens (including phenoxy) is 1. The topological polar surface area (TPSA) is 41.5 Å². The zero-order chi connectivity index (χ0) is 17.0. The zero-order valence-corrected chi connectivity index (χ0v) is 14.7. The van der Waals surface area contributed by atoms with E-state index in [0.29, 0.717) is 0 Å². The molecule has 1 spiro atoms. The number of benzene rings is 1. The zero-order valence-electron chi connectivity index (χ0n) is 14.7. The maximum Gasteiger partial charge on any atom is 0.147 e. The first kappa shape index (κ1) is 16.5. The molecule has 3 heterocycles. The summed E-state index contributed by atoms with van der Waals surface area (Å²) in [4.78, 5) is 13.7. The molecule has 5 heteroatoms. The van der Waals surface area contributed by atoms with E-state index in [1.807, 2.05) is 6.20 Å². The smallest absolute Gasteiger partial charge is 0.147 e. The second-order valence-electron chi connectivity index (χ2n) is 7.34. The Hall–Kier alpha value is -1.98. The minimum atomic E-state index is 0.182. The fourth-order valence-electron chi connectivity index (χ4n) is 4.18. The quantitative estimate of drug-likeness (QED) is 0.860. The summed E-state index contributed by atoms with van der Waals surface area (Å²) in [5.41, 5.74) is 1.57. The molecular formula is C20H26N4O. The number of anilines is 1. The van der Waals surface area contributed by atoms with Crippen LogP contribution in [0.5, 0.6) is 0 Å². The first-order valence-corrected chi connectivity index (χ1v) is 9.18. The van der Waals surface area contributed by atoms with Crippen LogP contribution in [0.15, 0.2) is 48.9 Å². The van der Waals surface area contributed by atoms with E-state index in [-0.39, 0.29) is 5.41 Å². The highest BCUT2D eigenvalue weighted by atomic mass is 16.5. The molecule has 2 saturated heterocycles. The van der Waals surface area contributed by atoms with Gasteiger partial charge >= 0.3 is 0 Å². The summed E-state index contributed by atoms with van der Waals surface area (Å²) < 4.78 is 6.02. The lowest BCUT2D eigenvalue weighted by atomic mass is 9.80. The Morgan fingerprint density at radius 2 is 2.00 bits per heavy atom. The van der Waals surface area contributed by atoms with Gasteiger partial charge in [0.05, 0.1) is 19.4 Å². The molecule has 2 fully saturated rings. The maximum atomic E-state index is 6.02. The predicted octanol–water partition coefficient (Wildman–Crippen LogP) is 2.60. The van der Waals surface area contributed by atoms with Crippen LogP contribution in [0.1, 0.15) is 18.4 Å². The Kier molecular flexibility index (Phi) is 4.95. The van der Waals surface area contributed by atoms with Gasteiger partial charge in [0.1, 0.15) is 5.82 Å². The number of hydrogen-bond acceptors (Lipinski definition) is 5. The van der Waals surface area contributed by atoms with Crippen molar-refractivity contribution in [2.24, 2.45) is 5.41 Å². The molecule has 25 heavy (non-hydrogen) atoms. The minimum Gasteiger partial charge on any atom is -0.379 e. The van der Waals surface area contributed by atoms with E-state index in [4.69, 9.17) is 4.74 Å². The summed E-state index contributed by atoms with van der Waals surface area (Å²) >= 11 is 0. The number of likely N-dealkylation sites (tertiary alicyclic amines) is 1. The van der Waals surface area contributed by atoms with Crippen LogP contribution in [0.2, 0.25) is 0 Å². The van der Waals surface area contributed by atoms with Gasteiger partial charge in [-0.3, -0.25) is 9.88 Å². The van der Waals surface area contributed by atoms with Gasteiger partial charge in [-0.05, 0) is 24.9 Å². The molecule has 0 amide bonds. The molecule has 132 valence electrons. The van der Waals surface area contributed by atoms with E-state index in [1.54, 1.807) is 12.4 Å². The molecule has 1 aromatic carbocycles. The highest BCUT2D eigenvalue weighted by molar-refractivity contribution is 5.36. The number of rotatable bonds is 3. The second-order valence-corrected chi connectivity index (χ2v) is 7.34. The van der Waals surface area contributed by atoms with Crippen LogP contribution >= 0.6 is 0 Å². The van der Waals surface area contributed by atoms with Crippen molar-refractivity contribution in [2.75, 3.05) is 44.3 Å². The number of piperidine rings is 1. The third-order valence-corrected chi connectivity index (χ3v) is 5.30. The summed E-state index contributed by atoms with van der Waals surface area (Å²) in [7, 11) is 0. The average molecular weight is 338 g/mol. The van der Waals surface area contributed by atoms with Gasteiger partial charge in [0.2, 0.25) is 0 Å². The molecular weight excluding hydrogens is 312 g/mol. The summed E-state index contributed by atoms with van der Waals surface area (Å²) in [6.07, 6.45) is 7.81. The summed E-state index contributed by atoms with van der Waals surface area (Å²) in [6, 6.07) is 10.8. The van der Waals surface area contributed by atoms with Gasteiger partial charge in [-0.1, -0.05) is 30.3 Å². The lowest BCUT2D eigenvalue weighted by Gasteiger charge is -2.43. The van der Waals surface area contributed by atoms with Crippen molar-refractivity contribution >= 4 is 5.82 Å². The number of aromatic nitrogens is 2. The van der Waals surface area contributed by atoms with Crippen LogP contribution in [-0.2, 0) is 11.3 Å². The van der Waals surface area contributed by atoms with Gasteiger partial charge in [0.25, 0.3) is 0 Å². The standard InChI is InChI=1S/C20H26N4O/c1-2-5-18(6-3-1)14-23-10-4-7-20(15-23)16-24(11-12-25-17-20)19-13-21-8-9-22-19/h1-3,5-6,8-9,13H,4,7,10-12,14-17H2/t20-/m1/s1. The third-order valence-electron chi connectivity index (χ3n) is 5.30. The fourth-order valence-corrected chi connectivity index (χ4v) is 4.18. The Morgan fingerprint density at radius 1 is 1.08 bits per heavy atom. The molecule has 0 N–H and O–H groups in total. The van der Waals surface area contributed by atoms with Gasteiger partial charge in [-0.2, -0.15) is 0 Å². The SMILES string of the molecule is c1ccc(CN2CCC[C@@]3(COCCN(c4cnccn4)C3)C2)cc1. The molecule has 0 radical (unpaired) electrons. The highest BCUT2D eigenvalue weighted by Gasteiger charge is 2.39. The van der Waals surface area contributed by atoms with Crippen molar-refractivity contribution in [2.45, 2.75) is 19.4 Å². The Bertz CT molecular complexity index is 666. The minimum absolute atomic E-state index is 0.182. The van der Waals surface area contributed by atoms with E-state index in [1.165, 1.54) is 24.9 Å². The average Bonchev–Trinajstić information content (AvgIpc) is 2.86. The van der Waals surface area contributed by atoms with Gasteiger partial charge < -0.3 is 9.64 Å². The van der Waals surface area contributed by atoms with Crippen LogP contribution < -0.4 is 4.90 Å². The van der Waals surface area contributed by atoms with Crippen LogP contribution in [0.4, 0.5) is 5.82 Å². The molecule has 2 aromatic rings. The van der Waals surface area contributed by atoms with Crippen molar-refractivity contribution in [1.82, 2.24) is 14.9 Å². The normalized spacial score (nSPS) is 25.0. The molecule has 2 aliphatic heterocycles. The lowest BCUT2D eigenvalue weighted by molar-refractivity contribution is 0.0106. The Balaban J connectivity index is 1.49. The monoisotopic (exact) mass is 338 g/mol. The Labute approximate surface area is 149 Å². The molecule has 5 nitrogen and oxygen atoms in total. The van der Waals surface area contributed by atoms with Gasteiger partial charge in [0, 0.05) is 44.0 Å². The van der Waals surface area contributed by atoms with E-state index >= 15 is 0 Å². The molecule has 1 aromatic heterocycles. The fraction of sp³-hybridized carbons (Fsp3) is 0.500. The summed E-state index contributed by atoms with van der Waals surface area (Å²) in [5, 5.41) is 0. The second kappa shape index (κ2) is 7.50. The molecule has 0 aliphatic carbocycles. The molecule has 0 bridgehead atoms. The van der Waals surface area contributed by atoms with Crippen molar-refractivity contribution in [3.63, 3.8) is 0 Å². The van der Waals surface area contributed by atoms with Crippen molar-refractivity contribution in [1.29, 1.82) is 0 Å². The molecule has 4 rings (SSSR count). The molecule has 0 saturated carbocycles.